The first-order chi connectivity index (χ1) is 12.0. The first-order valence-electron chi connectivity index (χ1n) is 8.44. The van der Waals surface area contributed by atoms with Gasteiger partial charge >= 0.3 is 0 Å². The van der Waals surface area contributed by atoms with Gasteiger partial charge in [-0.25, -0.2) is 14.4 Å². The van der Waals surface area contributed by atoms with Crippen molar-refractivity contribution in [3.63, 3.8) is 0 Å². The molecule has 3 unspecified atom stereocenters. The molecule has 4 rings (SSSR count). The number of nitrogens with zero attached hydrogens (tertiary/aromatic N) is 4. The maximum absolute atomic E-state index is 12.8. The molecule has 2 aliphatic heterocycles. The summed E-state index contributed by atoms with van der Waals surface area (Å²) in [5.74, 6) is -0.0583. The van der Waals surface area contributed by atoms with Crippen LogP contribution in [0, 0.1) is 0 Å². The maximum Gasteiger partial charge on any atom is 0.276 e. The molecule has 6 heteroatoms. The van der Waals surface area contributed by atoms with Crippen LogP contribution in [0.2, 0.25) is 0 Å². The van der Waals surface area contributed by atoms with E-state index in [-0.39, 0.29) is 18.1 Å². The molecule has 25 heavy (non-hydrogen) atoms. The average molecular weight is 339 g/mol. The summed E-state index contributed by atoms with van der Waals surface area (Å²) in [5.41, 5.74) is 1.16. The number of amides is 1. The van der Waals surface area contributed by atoms with Crippen LogP contribution >= 0.6 is 0 Å². The summed E-state index contributed by atoms with van der Waals surface area (Å²) in [6.07, 6.45) is 0.912. The van der Waals surface area contributed by atoms with Crippen LogP contribution in [0.1, 0.15) is 5.56 Å². The van der Waals surface area contributed by atoms with Gasteiger partial charge in [0, 0.05) is 7.05 Å². The molecule has 0 aliphatic carbocycles. The van der Waals surface area contributed by atoms with Crippen LogP contribution in [-0.4, -0.2) is 76.3 Å². The van der Waals surface area contributed by atoms with Gasteiger partial charge in [0.15, 0.2) is 6.35 Å². The Bertz CT molecular complexity index is 865. The highest BCUT2D eigenvalue weighted by Crippen LogP contribution is 2.26. The largest absolute Gasteiger partial charge is 0.360 e. The summed E-state index contributed by atoms with van der Waals surface area (Å²) in [7, 11) is 5.43. The van der Waals surface area contributed by atoms with Gasteiger partial charge in [0.25, 0.3) is 5.91 Å². The third-order valence-corrected chi connectivity index (χ3v) is 5.30. The Balaban J connectivity index is 1.65. The predicted octanol–water partition coefficient (Wildman–Crippen LogP) is 0.700. The van der Waals surface area contributed by atoms with Gasteiger partial charge in [-0.2, -0.15) is 0 Å². The molecule has 0 spiro atoms. The van der Waals surface area contributed by atoms with Crippen molar-refractivity contribution in [3.8, 4) is 0 Å². The minimum atomic E-state index is -0.898. The summed E-state index contributed by atoms with van der Waals surface area (Å²) >= 11 is 0. The number of likely N-dealkylation sites (N-methyl/N-ethyl adjacent to an activating group) is 3. The number of hydrogen-bond donors (Lipinski definition) is 1. The number of carbonyl (C=O) groups is 1. The zero-order valence-electron chi connectivity index (χ0n) is 14.7. The van der Waals surface area contributed by atoms with Crippen LogP contribution < -0.4 is 0 Å². The highest BCUT2D eigenvalue weighted by Gasteiger charge is 2.54. The minimum Gasteiger partial charge on any atom is -0.360 e. The van der Waals surface area contributed by atoms with Gasteiger partial charge in [-0.15, -0.1) is 0 Å². The first-order valence-corrected chi connectivity index (χ1v) is 8.44. The smallest absolute Gasteiger partial charge is 0.276 e. The van der Waals surface area contributed by atoms with E-state index in [9.17, 15) is 9.90 Å². The van der Waals surface area contributed by atoms with Crippen molar-refractivity contribution in [2.24, 2.45) is 0 Å². The molecule has 3 atom stereocenters. The van der Waals surface area contributed by atoms with E-state index in [0.717, 1.165) is 5.56 Å². The number of aliphatic hydroxyl groups is 1. The Hall–Kier alpha value is -2.44. The van der Waals surface area contributed by atoms with Gasteiger partial charge < -0.3 is 10.0 Å². The number of aliphatic hydroxyl groups excluding tert-OH is 1. The molecule has 0 radical (unpaired) electrons. The average Bonchev–Trinajstić information content (AvgIpc) is 2.94. The van der Waals surface area contributed by atoms with E-state index >= 15 is 0 Å². The molecular formula is C19H23N4O2+. The van der Waals surface area contributed by atoms with Gasteiger partial charge in [0.05, 0.1) is 7.05 Å². The summed E-state index contributed by atoms with van der Waals surface area (Å²) in [4.78, 5) is 18.0. The second-order valence-electron chi connectivity index (χ2n) is 6.95. The second-order valence-corrected chi connectivity index (χ2v) is 6.95. The van der Waals surface area contributed by atoms with Crippen molar-refractivity contribution in [3.05, 3.63) is 48.0 Å². The lowest BCUT2D eigenvalue weighted by molar-refractivity contribution is -0.565. The summed E-state index contributed by atoms with van der Waals surface area (Å²) in [6.45, 7) is 0.653. The molecule has 2 aliphatic rings. The maximum atomic E-state index is 12.8. The minimum absolute atomic E-state index is 0.0583. The number of benzene rings is 2. The van der Waals surface area contributed by atoms with Crippen molar-refractivity contribution in [2.45, 2.75) is 25.1 Å². The molecule has 2 heterocycles. The van der Waals surface area contributed by atoms with E-state index in [1.807, 2.05) is 42.4 Å². The number of rotatable bonds is 2. The van der Waals surface area contributed by atoms with E-state index < -0.39 is 6.35 Å². The fourth-order valence-electron chi connectivity index (χ4n) is 3.97. The lowest BCUT2D eigenvalue weighted by Gasteiger charge is -2.42. The molecule has 2 aromatic rings. The van der Waals surface area contributed by atoms with Crippen LogP contribution in [0.4, 0.5) is 0 Å². The van der Waals surface area contributed by atoms with Crippen LogP contribution in [0.5, 0.6) is 0 Å². The zero-order valence-corrected chi connectivity index (χ0v) is 14.7. The van der Waals surface area contributed by atoms with Crippen molar-refractivity contribution in [1.82, 2.24) is 14.7 Å². The molecule has 0 saturated carbocycles. The predicted molar refractivity (Wildman–Crippen MR) is 95.9 cm³/mol. The standard InChI is InChI=1S/C19H23N4O2/c1-20-12-23(16-17(20)21(2)19(25)22(3)18(16)24)11-13-8-9-14-6-4-5-7-15(14)10-13/h4-10,12,16-17,19,25H,11H2,1-3H3/q+1. The molecule has 0 aromatic heterocycles. The van der Waals surface area contributed by atoms with E-state index in [4.69, 9.17) is 0 Å². The number of hydrogen-bond acceptors (Lipinski definition) is 4. The molecule has 1 saturated heterocycles. The molecule has 1 N–H and O–H groups in total. The molecule has 6 nitrogen and oxygen atoms in total. The number of fused-ring (bicyclic) bond motifs is 2. The molecule has 130 valence electrons. The van der Waals surface area contributed by atoms with E-state index in [2.05, 4.69) is 34.9 Å². The highest BCUT2D eigenvalue weighted by molar-refractivity contribution is 5.84. The van der Waals surface area contributed by atoms with Crippen LogP contribution in [0.3, 0.4) is 0 Å². The third-order valence-electron chi connectivity index (χ3n) is 5.30. The highest BCUT2D eigenvalue weighted by atomic mass is 16.3. The summed E-state index contributed by atoms with van der Waals surface area (Å²) < 4.78 is 2.07. The monoisotopic (exact) mass is 339 g/mol. The quantitative estimate of drug-likeness (QED) is 0.819. The summed E-state index contributed by atoms with van der Waals surface area (Å²) in [6, 6.07) is 14.3. The van der Waals surface area contributed by atoms with Gasteiger partial charge in [0.2, 0.25) is 18.5 Å². The van der Waals surface area contributed by atoms with Crippen LogP contribution in [0.15, 0.2) is 42.5 Å². The number of carbonyl (C=O) groups excluding carboxylic acids is 1. The molecule has 1 amide bonds. The Morgan fingerprint density at radius 2 is 1.80 bits per heavy atom. The van der Waals surface area contributed by atoms with E-state index in [1.54, 1.807) is 7.05 Å². The third kappa shape index (κ3) is 2.49. The van der Waals surface area contributed by atoms with Gasteiger partial charge in [0.1, 0.15) is 6.54 Å². The van der Waals surface area contributed by atoms with Crippen molar-refractivity contribution < 1.29 is 14.5 Å². The Kier molecular flexibility index (Phi) is 3.74. The van der Waals surface area contributed by atoms with Crippen molar-refractivity contribution in [2.75, 3.05) is 21.1 Å². The zero-order chi connectivity index (χ0) is 17.7. The van der Waals surface area contributed by atoms with Gasteiger partial charge in [-0.1, -0.05) is 36.4 Å². The molecular weight excluding hydrogens is 316 g/mol. The van der Waals surface area contributed by atoms with Gasteiger partial charge in [-0.05, 0) is 29.4 Å². The van der Waals surface area contributed by atoms with E-state index in [0.29, 0.717) is 6.54 Å². The molecule has 1 fully saturated rings. The SMILES string of the molecule is CN1C=[N+](Cc2ccc3ccccc3c2)C2C(=O)N(C)C(O)N(C)C21. The van der Waals surface area contributed by atoms with E-state index in [1.165, 1.54) is 15.7 Å². The summed E-state index contributed by atoms with van der Waals surface area (Å²) in [5, 5.41) is 12.7. The fourth-order valence-corrected chi connectivity index (χ4v) is 3.97. The lowest BCUT2D eigenvalue weighted by atomic mass is 10.1. The van der Waals surface area contributed by atoms with Gasteiger partial charge in [-0.3, -0.25) is 4.79 Å². The first kappa shape index (κ1) is 16.1. The fraction of sp³-hybridized carbons (Fsp3) is 0.368. The Morgan fingerprint density at radius 1 is 1.08 bits per heavy atom. The van der Waals surface area contributed by atoms with Crippen LogP contribution in [0.25, 0.3) is 10.8 Å². The molecule has 2 aromatic carbocycles. The lowest BCUT2D eigenvalue weighted by Crippen LogP contribution is -2.67. The Labute approximate surface area is 147 Å². The normalized spacial score (nSPS) is 27.0. The Morgan fingerprint density at radius 3 is 2.56 bits per heavy atom. The van der Waals surface area contributed by atoms with Crippen LogP contribution in [-0.2, 0) is 11.3 Å². The van der Waals surface area contributed by atoms with Crippen molar-refractivity contribution >= 4 is 23.0 Å². The second kappa shape index (κ2) is 5.82. The van der Waals surface area contributed by atoms with Crippen molar-refractivity contribution in [1.29, 1.82) is 0 Å². The topological polar surface area (TPSA) is 50.0 Å². The molecule has 0 bridgehead atoms.